The fourth-order valence-corrected chi connectivity index (χ4v) is 1.95. The first kappa shape index (κ1) is 16.0. The Balaban J connectivity index is 0.00000180. The van der Waals surface area contributed by atoms with E-state index in [1.54, 1.807) is 0 Å². The molecule has 1 aliphatic rings. The third-order valence-electron chi connectivity index (χ3n) is 3.52. The molecule has 1 saturated carbocycles. The van der Waals surface area contributed by atoms with Gasteiger partial charge in [0.05, 0.1) is 5.54 Å². The van der Waals surface area contributed by atoms with Crippen molar-refractivity contribution in [1.29, 1.82) is 0 Å². The van der Waals surface area contributed by atoms with Crippen LogP contribution in [-0.4, -0.2) is 11.4 Å². The van der Waals surface area contributed by atoms with Crippen LogP contribution in [0.2, 0.25) is 0 Å². The van der Waals surface area contributed by atoms with Gasteiger partial charge < -0.3 is 11.1 Å². The van der Waals surface area contributed by atoms with Gasteiger partial charge in [0, 0.05) is 5.69 Å². The molecule has 1 fully saturated rings. The maximum atomic E-state index is 11.8. The van der Waals surface area contributed by atoms with Gasteiger partial charge in [-0.05, 0) is 43.4 Å². The van der Waals surface area contributed by atoms with Crippen molar-refractivity contribution < 1.29 is 4.79 Å². The highest BCUT2D eigenvalue weighted by molar-refractivity contribution is 6.00. The number of nitrogens with two attached hydrogens (primary N) is 1. The summed E-state index contributed by atoms with van der Waals surface area (Å²) in [6.45, 7) is 2.21. The van der Waals surface area contributed by atoms with Crippen LogP contribution in [0.1, 0.15) is 44.6 Å². The summed E-state index contributed by atoms with van der Waals surface area (Å²) < 4.78 is 0. The zero-order valence-electron chi connectivity index (χ0n) is 11.4. The lowest BCUT2D eigenvalue weighted by Crippen LogP contribution is -2.37. The zero-order chi connectivity index (χ0) is 13.0. The Labute approximate surface area is 121 Å². The number of unbranched alkanes of at least 4 members (excludes halogenated alkanes) is 2. The summed E-state index contributed by atoms with van der Waals surface area (Å²) in [7, 11) is 0. The molecule has 0 aromatic heterocycles. The summed E-state index contributed by atoms with van der Waals surface area (Å²) in [5.74, 6) is -0.0544. The molecule has 0 atom stereocenters. The molecule has 0 radical (unpaired) electrons. The van der Waals surface area contributed by atoms with Crippen LogP contribution in [0.4, 0.5) is 5.69 Å². The van der Waals surface area contributed by atoms with Crippen LogP contribution in [0.25, 0.3) is 0 Å². The van der Waals surface area contributed by atoms with Gasteiger partial charge in [0.1, 0.15) is 0 Å². The van der Waals surface area contributed by atoms with E-state index in [0.717, 1.165) is 24.9 Å². The number of rotatable bonds is 6. The van der Waals surface area contributed by atoms with Crippen molar-refractivity contribution in [3.05, 3.63) is 29.8 Å². The monoisotopic (exact) mass is 282 g/mol. The van der Waals surface area contributed by atoms with E-state index in [1.165, 1.54) is 24.8 Å². The van der Waals surface area contributed by atoms with E-state index in [9.17, 15) is 4.79 Å². The van der Waals surface area contributed by atoms with Gasteiger partial charge >= 0.3 is 0 Å². The number of hydrogen-bond acceptors (Lipinski definition) is 2. The zero-order valence-corrected chi connectivity index (χ0v) is 12.3. The first-order valence-electron chi connectivity index (χ1n) is 6.83. The summed E-state index contributed by atoms with van der Waals surface area (Å²) >= 11 is 0. The Bertz CT molecular complexity index is 413. The van der Waals surface area contributed by atoms with Crippen LogP contribution in [0.3, 0.4) is 0 Å². The molecule has 0 spiro atoms. The number of hydrogen-bond donors (Lipinski definition) is 2. The van der Waals surface area contributed by atoms with Crippen molar-refractivity contribution in [1.82, 2.24) is 0 Å². The van der Waals surface area contributed by atoms with Crippen molar-refractivity contribution in [2.45, 2.75) is 51.0 Å². The maximum absolute atomic E-state index is 11.8. The van der Waals surface area contributed by atoms with Crippen molar-refractivity contribution >= 4 is 24.0 Å². The highest BCUT2D eigenvalue weighted by Crippen LogP contribution is 2.33. The lowest BCUT2D eigenvalue weighted by Gasteiger charge is -2.10. The van der Waals surface area contributed by atoms with E-state index < -0.39 is 5.54 Å². The van der Waals surface area contributed by atoms with Crippen LogP contribution in [0, 0.1) is 0 Å². The number of benzene rings is 1. The fourth-order valence-electron chi connectivity index (χ4n) is 1.95. The Kier molecular flexibility index (Phi) is 5.83. The van der Waals surface area contributed by atoms with E-state index in [4.69, 9.17) is 5.73 Å². The minimum Gasteiger partial charge on any atom is -0.324 e. The van der Waals surface area contributed by atoms with Crippen molar-refractivity contribution in [3.8, 4) is 0 Å². The molecule has 0 unspecified atom stereocenters. The number of carbonyl (C=O) groups excluding carboxylic acids is 1. The molecule has 1 amide bonds. The molecule has 3 N–H and O–H groups in total. The third-order valence-corrected chi connectivity index (χ3v) is 3.52. The van der Waals surface area contributed by atoms with Crippen LogP contribution in [-0.2, 0) is 11.2 Å². The molecule has 19 heavy (non-hydrogen) atoms. The second-order valence-electron chi connectivity index (χ2n) is 5.26. The predicted octanol–water partition coefficient (Wildman–Crippen LogP) is 3.27. The number of nitrogens with one attached hydrogen (secondary N) is 1. The van der Waals surface area contributed by atoms with E-state index in [0.29, 0.717) is 0 Å². The summed E-state index contributed by atoms with van der Waals surface area (Å²) in [6, 6.07) is 8.10. The van der Waals surface area contributed by atoms with Crippen LogP contribution < -0.4 is 11.1 Å². The highest BCUT2D eigenvalue weighted by Gasteiger charge is 2.45. The maximum Gasteiger partial charge on any atom is 0.244 e. The first-order chi connectivity index (χ1) is 8.64. The van der Waals surface area contributed by atoms with Gasteiger partial charge in [-0.2, -0.15) is 0 Å². The van der Waals surface area contributed by atoms with Gasteiger partial charge in [-0.25, -0.2) is 0 Å². The summed E-state index contributed by atoms with van der Waals surface area (Å²) in [5.41, 5.74) is 7.41. The van der Waals surface area contributed by atoms with Gasteiger partial charge in [-0.3, -0.25) is 4.79 Å². The largest absolute Gasteiger partial charge is 0.324 e. The number of anilines is 1. The Morgan fingerprint density at radius 2 is 1.89 bits per heavy atom. The van der Waals surface area contributed by atoms with Gasteiger partial charge in [0.25, 0.3) is 0 Å². The second-order valence-corrected chi connectivity index (χ2v) is 5.26. The van der Waals surface area contributed by atoms with Gasteiger partial charge in [-0.1, -0.05) is 31.9 Å². The Morgan fingerprint density at radius 1 is 1.26 bits per heavy atom. The molecule has 3 nitrogen and oxygen atoms in total. The number of amides is 1. The minimum absolute atomic E-state index is 0. The normalized spacial score (nSPS) is 15.5. The Morgan fingerprint density at radius 3 is 2.42 bits per heavy atom. The third kappa shape index (κ3) is 4.51. The van der Waals surface area contributed by atoms with Crippen LogP contribution >= 0.6 is 12.4 Å². The van der Waals surface area contributed by atoms with Crippen LogP contribution in [0.15, 0.2) is 24.3 Å². The quantitative estimate of drug-likeness (QED) is 0.787. The number of aryl methyl sites for hydroxylation is 1. The molecular weight excluding hydrogens is 260 g/mol. The molecule has 2 rings (SSSR count). The highest BCUT2D eigenvalue weighted by atomic mass is 35.5. The Hall–Kier alpha value is -1.06. The van der Waals surface area contributed by atoms with Gasteiger partial charge in [0.15, 0.2) is 0 Å². The van der Waals surface area contributed by atoms with E-state index >= 15 is 0 Å². The lowest BCUT2D eigenvalue weighted by molar-refractivity contribution is -0.118. The molecule has 106 valence electrons. The molecule has 4 heteroatoms. The number of halogens is 1. The molecule has 0 saturated heterocycles. The molecular formula is C15H23ClN2O. The van der Waals surface area contributed by atoms with Gasteiger partial charge in [-0.15, -0.1) is 12.4 Å². The minimum atomic E-state index is -0.597. The molecule has 1 aliphatic carbocycles. The van der Waals surface area contributed by atoms with E-state index in [1.807, 2.05) is 12.1 Å². The SMILES string of the molecule is CCCCCc1ccc(NC(=O)C2(N)CC2)cc1.Cl. The van der Waals surface area contributed by atoms with Crippen molar-refractivity contribution in [2.75, 3.05) is 5.32 Å². The predicted molar refractivity (Wildman–Crippen MR) is 81.7 cm³/mol. The topological polar surface area (TPSA) is 55.1 Å². The molecule has 1 aromatic rings. The van der Waals surface area contributed by atoms with Crippen molar-refractivity contribution in [3.63, 3.8) is 0 Å². The fraction of sp³-hybridized carbons (Fsp3) is 0.533. The molecule has 0 bridgehead atoms. The first-order valence-corrected chi connectivity index (χ1v) is 6.83. The second kappa shape index (κ2) is 6.92. The van der Waals surface area contributed by atoms with Crippen molar-refractivity contribution in [2.24, 2.45) is 5.73 Å². The summed E-state index contributed by atoms with van der Waals surface area (Å²) in [5, 5.41) is 2.87. The number of carbonyl (C=O) groups is 1. The van der Waals surface area contributed by atoms with Crippen LogP contribution in [0.5, 0.6) is 0 Å². The lowest BCUT2D eigenvalue weighted by atomic mass is 10.1. The molecule has 0 heterocycles. The van der Waals surface area contributed by atoms with Gasteiger partial charge in [0.2, 0.25) is 5.91 Å². The average Bonchev–Trinajstić information content (AvgIpc) is 3.11. The average molecular weight is 283 g/mol. The van der Waals surface area contributed by atoms with E-state index in [-0.39, 0.29) is 18.3 Å². The summed E-state index contributed by atoms with van der Waals surface area (Å²) in [4.78, 5) is 11.8. The van der Waals surface area contributed by atoms with E-state index in [2.05, 4.69) is 24.4 Å². The molecule has 1 aromatic carbocycles. The summed E-state index contributed by atoms with van der Waals surface area (Å²) in [6.07, 6.45) is 6.46. The smallest absolute Gasteiger partial charge is 0.244 e. The standard InChI is InChI=1S/C15H22N2O.ClH/c1-2-3-4-5-12-6-8-13(9-7-12)17-14(18)15(16)10-11-15;/h6-9H,2-5,10-11,16H2,1H3,(H,17,18);1H. The molecule has 0 aliphatic heterocycles.